The van der Waals surface area contributed by atoms with Gasteiger partial charge in [-0.1, -0.05) is 30.4 Å². The Labute approximate surface area is 202 Å². The molecule has 3 amide bonds. The molecule has 178 valence electrons. The zero-order chi connectivity index (χ0) is 24.2. The average Bonchev–Trinajstić information content (AvgIpc) is 3.59. The number of nitrogens with zero attached hydrogens (tertiary/aromatic N) is 1. The summed E-state index contributed by atoms with van der Waals surface area (Å²) in [7, 11) is 0. The lowest BCUT2D eigenvalue weighted by Crippen LogP contribution is -2.44. The quantitative estimate of drug-likeness (QED) is 0.482. The number of anilines is 2. The van der Waals surface area contributed by atoms with E-state index in [0.717, 1.165) is 16.5 Å². The monoisotopic (exact) mass is 470 g/mol. The Bertz CT molecular complexity index is 1360. The zero-order valence-electron chi connectivity index (χ0n) is 19.3. The fourth-order valence-corrected chi connectivity index (χ4v) is 5.72. The Kier molecular flexibility index (Phi) is 5.00. The van der Waals surface area contributed by atoms with Gasteiger partial charge in [-0.2, -0.15) is 0 Å². The fourth-order valence-electron chi connectivity index (χ4n) is 5.72. The van der Waals surface area contributed by atoms with Gasteiger partial charge >= 0.3 is 0 Å². The molecule has 0 saturated carbocycles. The first-order valence-electron chi connectivity index (χ1n) is 11.8. The van der Waals surface area contributed by atoms with Gasteiger partial charge in [0.2, 0.25) is 17.7 Å². The number of hydrogen-bond donors (Lipinski definition) is 3. The van der Waals surface area contributed by atoms with E-state index in [-0.39, 0.29) is 23.8 Å². The summed E-state index contributed by atoms with van der Waals surface area (Å²) in [6.07, 6.45) is 6.14. The molecule has 0 aliphatic carbocycles. The third kappa shape index (κ3) is 3.52. The van der Waals surface area contributed by atoms with Crippen molar-refractivity contribution in [3.05, 3.63) is 72.4 Å². The van der Waals surface area contributed by atoms with E-state index in [4.69, 9.17) is 4.74 Å². The number of benzene rings is 2. The van der Waals surface area contributed by atoms with E-state index in [1.807, 2.05) is 36.5 Å². The lowest BCUT2D eigenvalue weighted by Gasteiger charge is -2.23. The number of rotatable bonds is 6. The van der Waals surface area contributed by atoms with Crippen LogP contribution in [0.25, 0.3) is 10.9 Å². The number of carbonyl (C=O) groups excluding carboxylic acids is 3. The minimum absolute atomic E-state index is 0.110. The van der Waals surface area contributed by atoms with Gasteiger partial charge in [0, 0.05) is 41.9 Å². The van der Waals surface area contributed by atoms with E-state index < -0.39 is 17.4 Å². The van der Waals surface area contributed by atoms with Crippen molar-refractivity contribution in [2.24, 2.45) is 11.8 Å². The Morgan fingerprint density at radius 3 is 2.77 bits per heavy atom. The molecule has 0 unspecified atom stereocenters. The van der Waals surface area contributed by atoms with Gasteiger partial charge in [0.15, 0.2) is 0 Å². The van der Waals surface area contributed by atoms with Crippen LogP contribution in [0.4, 0.5) is 11.4 Å². The molecule has 8 nitrogen and oxygen atoms in total. The predicted octanol–water partition coefficient (Wildman–Crippen LogP) is 2.77. The third-order valence-corrected chi connectivity index (χ3v) is 7.27. The van der Waals surface area contributed by atoms with Gasteiger partial charge in [0.05, 0.1) is 24.5 Å². The molecule has 0 radical (unpaired) electrons. The van der Waals surface area contributed by atoms with Gasteiger partial charge in [-0.3, -0.25) is 14.4 Å². The summed E-state index contributed by atoms with van der Waals surface area (Å²) >= 11 is 0. The summed E-state index contributed by atoms with van der Waals surface area (Å²) < 4.78 is 6.23. The highest BCUT2D eigenvalue weighted by atomic mass is 16.5. The van der Waals surface area contributed by atoms with Crippen LogP contribution in [0, 0.1) is 11.8 Å². The standard InChI is InChI=1S/C27H26N4O4/c1-16(32)30-18-6-8-19(9-7-18)31-15-27-12-10-22(35-27)23(24(27)26(31)34)25(33)28-13-11-17-14-29-21-5-3-2-4-20(17)21/h2-10,12,14,22-24,29H,11,13,15H2,1H3,(H,28,33)(H,30,32)/t22-,23-,24+,27+/m1/s1. The molecule has 2 saturated heterocycles. The molecular formula is C27H26N4O4. The summed E-state index contributed by atoms with van der Waals surface area (Å²) in [5, 5.41) is 6.92. The van der Waals surface area contributed by atoms with Crippen molar-refractivity contribution < 1.29 is 19.1 Å². The number of H-pyrrole nitrogens is 1. The number of fused-ring (bicyclic) bond motifs is 2. The Morgan fingerprint density at radius 1 is 1.17 bits per heavy atom. The molecule has 8 heteroatoms. The molecule has 1 spiro atoms. The lowest BCUT2D eigenvalue weighted by atomic mass is 9.77. The maximum atomic E-state index is 13.5. The Hall–Kier alpha value is -3.91. The van der Waals surface area contributed by atoms with Gasteiger partial charge in [-0.05, 0) is 42.3 Å². The number of ether oxygens (including phenoxy) is 1. The molecule has 1 aromatic heterocycles. The van der Waals surface area contributed by atoms with Crippen molar-refractivity contribution in [3.63, 3.8) is 0 Å². The van der Waals surface area contributed by atoms with Gasteiger partial charge in [0.25, 0.3) is 0 Å². The highest BCUT2D eigenvalue weighted by Crippen LogP contribution is 2.52. The second-order valence-corrected chi connectivity index (χ2v) is 9.45. The first-order valence-corrected chi connectivity index (χ1v) is 11.8. The summed E-state index contributed by atoms with van der Waals surface area (Å²) in [5.41, 5.74) is 2.82. The van der Waals surface area contributed by atoms with Gasteiger partial charge in [-0.15, -0.1) is 0 Å². The first-order chi connectivity index (χ1) is 16.9. The number of para-hydroxylation sites is 1. The highest BCUT2D eigenvalue weighted by Gasteiger charge is 2.67. The first kappa shape index (κ1) is 21.6. The van der Waals surface area contributed by atoms with Crippen molar-refractivity contribution in [2.75, 3.05) is 23.3 Å². The molecule has 35 heavy (non-hydrogen) atoms. The van der Waals surface area contributed by atoms with Crippen molar-refractivity contribution in [1.82, 2.24) is 10.3 Å². The second kappa shape index (κ2) is 8.09. The molecule has 4 atom stereocenters. The number of nitrogens with one attached hydrogen (secondary N) is 3. The molecule has 3 aliphatic rings. The number of carbonyl (C=O) groups is 3. The summed E-state index contributed by atoms with van der Waals surface area (Å²) in [6, 6.07) is 15.2. The second-order valence-electron chi connectivity index (χ2n) is 9.45. The van der Waals surface area contributed by atoms with Crippen molar-refractivity contribution in [2.45, 2.75) is 25.0 Å². The minimum Gasteiger partial charge on any atom is -0.361 e. The SMILES string of the molecule is CC(=O)Nc1ccc(N2C[C@]34C=C[C@@H](O3)[C@@H](C(=O)NCCc3c[nH]c5ccccc35)[C@H]4C2=O)cc1. The van der Waals surface area contributed by atoms with Crippen LogP contribution in [0.15, 0.2) is 66.9 Å². The molecule has 6 rings (SSSR count). The lowest BCUT2D eigenvalue weighted by molar-refractivity contribution is -0.131. The van der Waals surface area contributed by atoms with Crippen LogP contribution in [-0.4, -0.2) is 47.5 Å². The number of hydrogen-bond acceptors (Lipinski definition) is 4. The normalized spacial score (nSPS) is 26.4. The smallest absolute Gasteiger partial charge is 0.234 e. The van der Waals surface area contributed by atoms with E-state index in [1.165, 1.54) is 6.92 Å². The van der Waals surface area contributed by atoms with Crippen LogP contribution in [0.2, 0.25) is 0 Å². The fraction of sp³-hybridized carbons (Fsp3) is 0.296. The number of aromatic nitrogens is 1. The average molecular weight is 471 g/mol. The minimum atomic E-state index is -0.781. The number of aromatic amines is 1. The largest absolute Gasteiger partial charge is 0.361 e. The van der Waals surface area contributed by atoms with Crippen molar-refractivity contribution in [1.29, 1.82) is 0 Å². The molecule has 3 aromatic rings. The maximum absolute atomic E-state index is 13.5. The van der Waals surface area contributed by atoms with Gasteiger partial charge in [-0.25, -0.2) is 0 Å². The van der Waals surface area contributed by atoms with Crippen LogP contribution in [0.1, 0.15) is 12.5 Å². The van der Waals surface area contributed by atoms with Crippen LogP contribution < -0.4 is 15.5 Å². The number of amides is 3. The van der Waals surface area contributed by atoms with Crippen molar-refractivity contribution >= 4 is 40.0 Å². The Morgan fingerprint density at radius 2 is 1.97 bits per heavy atom. The van der Waals surface area contributed by atoms with Gasteiger partial charge < -0.3 is 25.3 Å². The summed E-state index contributed by atoms with van der Waals surface area (Å²) in [5.74, 6) is -1.53. The van der Waals surface area contributed by atoms with Crippen LogP contribution >= 0.6 is 0 Å². The van der Waals surface area contributed by atoms with E-state index in [1.54, 1.807) is 29.2 Å². The predicted molar refractivity (Wildman–Crippen MR) is 132 cm³/mol. The topological polar surface area (TPSA) is 104 Å². The van der Waals surface area contributed by atoms with Crippen LogP contribution in [0.3, 0.4) is 0 Å². The van der Waals surface area contributed by atoms with E-state index >= 15 is 0 Å². The van der Waals surface area contributed by atoms with E-state index in [2.05, 4.69) is 21.7 Å². The molecule has 2 aromatic carbocycles. The molecule has 2 bridgehead atoms. The van der Waals surface area contributed by atoms with E-state index in [9.17, 15) is 14.4 Å². The molecule has 3 N–H and O–H groups in total. The third-order valence-electron chi connectivity index (χ3n) is 7.27. The maximum Gasteiger partial charge on any atom is 0.234 e. The Balaban J connectivity index is 1.16. The highest BCUT2D eigenvalue weighted by molar-refractivity contribution is 6.03. The molecular weight excluding hydrogens is 444 g/mol. The zero-order valence-corrected chi connectivity index (χ0v) is 19.3. The van der Waals surface area contributed by atoms with Crippen LogP contribution in [-0.2, 0) is 25.5 Å². The molecule has 2 fully saturated rings. The van der Waals surface area contributed by atoms with Crippen LogP contribution in [0.5, 0.6) is 0 Å². The van der Waals surface area contributed by atoms with Crippen molar-refractivity contribution in [3.8, 4) is 0 Å². The molecule has 3 aliphatic heterocycles. The summed E-state index contributed by atoms with van der Waals surface area (Å²) in [4.78, 5) is 43.0. The van der Waals surface area contributed by atoms with Gasteiger partial charge in [0.1, 0.15) is 5.60 Å². The van der Waals surface area contributed by atoms with E-state index in [0.29, 0.717) is 30.9 Å². The summed E-state index contributed by atoms with van der Waals surface area (Å²) in [6.45, 7) is 2.29. The molecule has 4 heterocycles.